The number of rotatable bonds is 3. The average molecular weight is 228 g/mol. The Bertz CT molecular complexity index is 391. The quantitative estimate of drug-likeness (QED) is 0.570. The van der Waals surface area contributed by atoms with Crippen LogP contribution in [-0.2, 0) is 14.3 Å². The number of hydrogen-bond acceptors (Lipinski definition) is 3. The van der Waals surface area contributed by atoms with E-state index in [1.54, 1.807) is 0 Å². The fourth-order valence-corrected chi connectivity index (χ4v) is 1.86. The number of hydrogen-bond donors (Lipinski definition) is 0. The van der Waals surface area contributed by atoms with Crippen LogP contribution in [-0.4, -0.2) is 44.6 Å². The Labute approximate surface area is 105 Å². The summed E-state index contributed by atoms with van der Waals surface area (Å²) in [5.74, 6) is -0.795. The van der Waals surface area contributed by atoms with Gasteiger partial charge < -0.3 is 0 Å². The second-order valence-electron chi connectivity index (χ2n) is 2.29. The van der Waals surface area contributed by atoms with Crippen molar-refractivity contribution in [3.8, 4) is 0 Å². The Hall–Kier alpha value is 0.0600. The third-order valence-electron chi connectivity index (χ3n) is 1.38. The van der Waals surface area contributed by atoms with Gasteiger partial charge >= 0.3 is 29.6 Å². The third kappa shape index (κ3) is 3.33. The van der Waals surface area contributed by atoms with Gasteiger partial charge in [0, 0.05) is 0 Å². The second kappa shape index (κ2) is 5.82. The molecule has 0 heterocycles. The minimum absolute atomic E-state index is 0. The predicted molar refractivity (Wildman–Crippen MR) is 52.4 cm³/mol. The summed E-state index contributed by atoms with van der Waals surface area (Å²) in [4.78, 5) is -0.420. The summed E-state index contributed by atoms with van der Waals surface area (Å²) >= 11 is 0. The van der Waals surface area contributed by atoms with Gasteiger partial charge in [0.2, 0.25) is 0 Å². The molecule has 0 atom stereocenters. The molecule has 0 aliphatic carbocycles. The summed E-state index contributed by atoms with van der Waals surface area (Å²) in [6.07, 6.45) is 0. The van der Waals surface area contributed by atoms with Gasteiger partial charge in [0.15, 0.2) is 0 Å². The summed E-state index contributed by atoms with van der Waals surface area (Å²) < 4.78 is 39.8. The Morgan fingerprint density at radius 2 is 1.93 bits per heavy atom. The van der Waals surface area contributed by atoms with E-state index in [1.165, 1.54) is 25.1 Å². The van der Waals surface area contributed by atoms with Crippen LogP contribution in [0.3, 0.4) is 0 Å². The first kappa shape index (κ1) is 14.1. The van der Waals surface area contributed by atoms with Crippen LogP contribution in [0.5, 0.6) is 0 Å². The van der Waals surface area contributed by atoms with Gasteiger partial charge in [0.05, 0.1) is 6.61 Å². The van der Waals surface area contributed by atoms with Crippen molar-refractivity contribution >= 4 is 39.7 Å². The van der Waals surface area contributed by atoms with E-state index in [1.807, 2.05) is 0 Å². The van der Waals surface area contributed by atoms with Crippen LogP contribution in [0.15, 0.2) is 29.2 Å². The van der Waals surface area contributed by atoms with E-state index < -0.39 is 20.8 Å². The molecule has 0 N–H and O–H groups in total. The minimum atomic E-state index is -3.92. The molecule has 74 valence electrons. The van der Waals surface area contributed by atoms with Gasteiger partial charge in [-0.1, -0.05) is 12.1 Å². The summed E-state index contributed by atoms with van der Waals surface area (Å²) in [5.41, 5.74) is 0. The average Bonchev–Trinajstić information content (AvgIpc) is 2.04. The molecule has 0 aliphatic heterocycles. The fraction of sp³-hybridized carbons (Fsp3) is 0.250. The SMILES string of the molecule is CCOS(=O)(=O)c1ccccc1F.[NaH]. The number of halogens is 1. The number of benzene rings is 1. The fourth-order valence-electron chi connectivity index (χ4n) is 0.866. The molecule has 0 amide bonds. The van der Waals surface area contributed by atoms with Gasteiger partial charge in [-0.25, -0.2) is 4.39 Å². The third-order valence-corrected chi connectivity index (χ3v) is 2.79. The van der Waals surface area contributed by atoms with Gasteiger partial charge in [0.1, 0.15) is 10.7 Å². The molecule has 0 unspecified atom stereocenters. The van der Waals surface area contributed by atoms with Crippen LogP contribution in [0.2, 0.25) is 0 Å². The molecule has 0 fully saturated rings. The van der Waals surface area contributed by atoms with Crippen molar-refractivity contribution < 1.29 is 17.0 Å². The maximum absolute atomic E-state index is 12.9. The van der Waals surface area contributed by atoms with Gasteiger partial charge in [-0.3, -0.25) is 4.18 Å². The standard InChI is InChI=1S/C8H9FO3S.Na.H/c1-2-12-13(10,11)8-6-4-3-5-7(8)9;;/h3-6H,2H2,1H3;;. The first-order valence-electron chi connectivity index (χ1n) is 3.72. The van der Waals surface area contributed by atoms with Crippen LogP contribution < -0.4 is 0 Å². The van der Waals surface area contributed by atoms with Crippen molar-refractivity contribution in [1.29, 1.82) is 0 Å². The molecule has 1 rings (SSSR count). The van der Waals surface area contributed by atoms with Gasteiger partial charge in [-0.15, -0.1) is 0 Å². The van der Waals surface area contributed by atoms with E-state index in [0.717, 1.165) is 6.07 Å². The Morgan fingerprint density at radius 1 is 1.36 bits per heavy atom. The van der Waals surface area contributed by atoms with Crippen molar-refractivity contribution in [3.05, 3.63) is 30.1 Å². The summed E-state index contributed by atoms with van der Waals surface area (Å²) in [6, 6.07) is 5.10. The molecule has 0 spiro atoms. The Kier molecular flexibility index (Phi) is 5.85. The first-order chi connectivity index (χ1) is 6.08. The molecule has 3 nitrogen and oxygen atoms in total. The van der Waals surface area contributed by atoms with Crippen molar-refractivity contribution in [2.45, 2.75) is 11.8 Å². The van der Waals surface area contributed by atoms with Crippen LogP contribution in [0.4, 0.5) is 4.39 Å². The van der Waals surface area contributed by atoms with Gasteiger partial charge in [-0.2, -0.15) is 8.42 Å². The molecule has 14 heavy (non-hydrogen) atoms. The zero-order valence-electron chi connectivity index (χ0n) is 7.03. The monoisotopic (exact) mass is 228 g/mol. The van der Waals surface area contributed by atoms with Crippen LogP contribution >= 0.6 is 0 Å². The molecule has 0 radical (unpaired) electrons. The zero-order chi connectivity index (χ0) is 9.90. The molecule has 1 aromatic carbocycles. The Morgan fingerprint density at radius 3 is 2.43 bits per heavy atom. The van der Waals surface area contributed by atoms with Crippen molar-refractivity contribution in [2.24, 2.45) is 0 Å². The van der Waals surface area contributed by atoms with E-state index in [9.17, 15) is 12.8 Å². The van der Waals surface area contributed by atoms with Crippen molar-refractivity contribution in [2.75, 3.05) is 6.61 Å². The molecule has 6 heteroatoms. The maximum atomic E-state index is 12.9. The Balaban J connectivity index is 0.00000169. The molecular formula is C8H10FNaO3S. The molecule has 0 aliphatic rings. The second-order valence-corrected chi connectivity index (χ2v) is 3.87. The predicted octanol–water partition coefficient (Wildman–Crippen LogP) is 0.902. The van der Waals surface area contributed by atoms with Gasteiger partial charge in [0.25, 0.3) is 10.1 Å². The van der Waals surface area contributed by atoms with Crippen molar-refractivity contribution in [1.82, 2.24) is 0 Å². The molecular weight excluding hydrogens is 218 g/mol. The van der Waals surface area contributed by atoms with Gasteiger partial charge in [-0.05, 0) is 19.1 Å². The van der Waals surface area contributed by atoms with E-state index in [0.29, 0.717) is 0 Å². The van der Waals surface area contributed by atoms with E-state index in [4.69, 9.17) is 0 Å². The van der Waals surface area contributed by atoms with E-state index >= 15 is 0 Å². The topological polar surface area (TPSA) is 43.4 Å². The van der Waals surface area contributed by atoms with Crippen LogP contribution in [0.25, 0.3) is 0 Å². The van der Waals surface area contributed by atoms with Crippen LogP contribution in [0.1, 0.15) is 6.92 Å². The van der Waals surface area contributed by atoms with E-state index in [2.05, 4.69) is 4.18 Å². The summed E-state index contributed by atoms with van der Waals surface area (Å²) in [7, 11) is -3.92. The molecule has 0 saturated heterocycles. The van der Waals surface area contributed by atoms with Crippen LogP contribution in [0, 0.1) is 5.82 Å². The van der Waals surface area contributed by atoms with E-state index in [-0.39, 0.29) is 36.2 Å². The molecule has 0 bridgehead atoms. The zero-order valence-corrected chi connectivity index (χ0v) is 7.84. The summed E-state index contributed by atoms with van der Waals surface area (Å²) in [5, 5.41) is 0. The van der Waals surface area contributed by atoms with Crippen molar-refractivity contribution in [3.63, 3.8) is 0 Å². The molecule has 0 saturated carbocycles. The molecule has 1 aromatic rings. The normalized spacial score (nSPS) is 10.7. The summed E-state index contributed by atoms with van der Waals surface area (Å²) in [6.45, 7) is 1.52. The first-order valence-corrected chi connectivity index (χ1v) is 5.12. The molecule has 0 aromatic heterocycles.